The minimum absolute atomic E-state index is 0.103. The van der Waals surface area contributed by atoms with Crippen LogP contribution >= 0.6 is 7.75 Å². The standard InChI is InChI=1S/C27H33FN5O8P/c1-16(2)39-24(35)18(4)32-42(37,41-20-9-7-19(8-10-20)23-29-12-6-13-30-23)38-15-21-22(34)27(5,28)25(40-21)33-14-11-17(3)31-26(33)36/h6-14,16,18,21-22,25,34H,3,15H2,1-2,4-5H3,(H,31,36)(H,32,37)/t18-,21+,22+,25+,27+,42?/m0/s1. The Labute approximate surface area is 242 Å². The van der Waals surface area contributed by atoms with Gasteiger partial charge in [-0.15, -0.1) is 0 Å². The number of nitrogens with one attached hydrogen (secondary N) is 2. The summed E-state index contributed by atoms with van der Waals surface area (Å²) in [4.78, 5) is 34.2. The van der Waals surface area contributed by atoms with Crippen LogP contribution in [0.4, 0.5) is 9.18 Å². The van der Waals surface area contributed by atoms with Crippen LogP contribution in [0.2, 0.25) is 0 Å². The largest absolute Gasteiger partial charge is 0.462 e. The van der Waals surface area contributed by atoms with E-state index in [0.717, 1.165) is 11.8 Å². The SMILES string of the molecule is C=C1C=CN([C@@H]2O[C@H](COP(=O)(N[C@@H](C)C(=O)OC(C)C)Oc3ccc(-c4ncccn4)cc3)[C@@H](O)[C@@]2(C)F)C(=O)N1. The molecule has 0 bridgehead atoms. The zero-order valence-electron chi connectivity index (χ0n) is 23.5. The van der Waals surface area contributed by atoms with Crippen molar-refractivity contribution in [2.24, 2.45) is 0 Å². The summed E-state index contributed by atoms with van der Waals surface area (Å²) in [7, 11) is -4.39. The molecule has 0 saturated carbocycles. The second kappa shape index (κ2) is 12.7. The van der Waals surface area contributed by atoms with Crippen LogP contribution in [0.1, 0.15) is 27.7 Å². The first kappa shape index (κ1) is 31.3. The molecule has 0 spiro atoms. The fourth-order valence-corrected chi connectivity index (χ4v) is 5.66. The molecule has 2 aromatic rings. The van der Waals surface area contributed by atoms with E-state index in [4.69, 9.17) is 18.5 Å². The summed E-state index contributed by atoms with van der Waals surface area (Å²) >= 11 is 0. The maximum absolute atomic E-state index is 15.7. The van der Waals surface area contributed by atoms with E-state index in [9.17, 15) is 19.3 Å². The Morgan fingerprint density at radius 1 is 1.29 bits per heavy atom. The highest BCUT2D eigenvalue weighted by Crippen LogP contribution is 2.47. The summed E-state index contributed by atoms with van der Waals surface area (Å²) in [6.45, 7) is 8.78. The lowest BCUT2D eigenvalue weighted by Gasteiger charge is -2.33. The molecule has 2 aliphatic rings. The topological polar surface area (TPSA) is 161 Å². The summed E-state index contributed by atoms with van der Waals surface area (Å²) in [5, 5.41) is 15.7. The van der Waals surface area contributed by atoms with Gasteiger partial charge in [-0.3, -0.25) is 14.2 Å². The normalized spacial score (nSPS) is 26.1. The maximum Gasteiger partial charge on any atom is 0.459 e. The molecule has 15 heteroatoms. The smallest absolute Gasteiger partial charge is 0.459 e. The van der Waals surface area contributed by atoms with Gasteiger partial charge in [-0.25, -0.2) is 23.7 Å². The highest BCUT2D eigenvalue weighted by atomic mass is 31.2. The number of urea groups is 1. The number of rotatable bonds is 11. The third-order valence-electron chi connectivity index (χ3n) is 6.28. The zero-order chi connectivity index (χ0) is 30.7. The monoisotopic (exact) mass is 605 g/mol. The molecular weight excluding hydrogens is 572 g/mol. The number of aliphatic hydroxyl groups excluding tert-OH is 1. The molecule has 1 saturated heterocycles. The number of hydrogen-bond donors (Lipinski definition) is 3. The second-order valence-electron chi connectivity index (χ2n) is 10.1. The van der Waals surface area contributed by atoms with Gasteiger partial charge >= 0.3 is 19.7 Å². The van der Waals surface area contributed by atoms with E-state index in [0.29, 0.717) is 17.1 Å². The lowest BCUT2D eigenvalue weighted by Crippen LogP contribution is -2.53. The molecule has 42 heavy (non-hydrogen) atoms. The number of hydrogen-bond acceptors (Lipinski definition) is 10. The van der Waals surface area contributed by atoms with Gasteiger partial charge < -0.3 is 24.4 Å². The Balaban J connectivity index is 1.52. The molecule has 0 aliphatic carbocycles. The first-order chi connectivity index (χ1) is 19.8. The number of allylic oxidation sites excluding steroid dienone is 1. The molecule has 2 amide bonds. The van der Waals surface area contributed by atoms with Crippen molar-refractivity contribution in [2.45, 2.75) is 63.9 Å². The van der Waals surface area contributed by atoms with Crippen LogP contribution in [0, 0.1) is 0 Å². The van der Waals surface area contributed by atoms with Crippen molar-refractivity contribution in [2.75, 3.05) is 6.61 Å². The van der Waals surface area contributed by atoms with Crippen molar-refractivity contribution in [3.8, 4) is 17.1 Å². The van der Waals surface area contributed by atoms with Gasteiger partial charge in [0.1, 0.15) is 24.0 Å². The molecule has 2 aliphatic heterocycles. The summed E-state index contributed by atoms with van der Waals surface area (Å²) < 4.78 is 51.7. The van der Waals surface area contributed by atoms with Gasteiger partial charge in [-0.1, -0.05) is 6.58 Å². The second-order valence-corrected chi connectivity index (χ2v) is 11.8. The predicted octanol–water partition coefficient (Wildman–Crippen LogP) is 3.44. The van der Waals surface area contributed by atoms with E-state index < -0.39 is 62.6 Å². The summed E-state index contributed by atoms with van der Waals surface area (Å²) in [5.41, 5.74) is -1.47. The predicted molar refractivity (Wildman–Crippen MR) is 148 cm³/mol. The van der Waals surface area contributed by atoms with E-state index in [1.165, 1.54) is 31.3 Å². The Kier molecular flexibility index (Phi) is 9.43. The number of esters is 1. The molecule has 4 rings (SSSR count). The number of nitrogens with zero attached hydrogens (tertiary/aromatic N) is 3. The van der Waals surface area contributed by atoms with Gasteiger partial charge in [0.2, 0.25) is 0 Å². The minimum atomic E-state index is -4.39. The molecule has 3 N–H and O–H groups in total. The third kappa shape index (κ3) is 7.20. The quantitative estimate of drug-likeness (QED) is 0.254. The number of amides is 2. The van der Waals surface area contributed by atoms with Crippen molar-refractivity contribution in [1.82, 2.24) is 25.3 Å². The van der Waals surface area contributed by atoms with Gasteiger partial charge in [0.15, 0.2) is 17.7 Å². The molecule has 226 valence electrons. The molecule has 13 nitrogen and oxygen atoms in total. The average Bonchev–Trinajstić information content (AvgIpc) is 3.16. The maximum atomic E-state index is 15.7. The molecule has 3 heterocycles. The molecule has 1 unspecified atom stereocenters. The highest BCUT2D eigenvalue weighted by molar-refractivity contribution is 7.52. The summed E-state index contributed by atoms with van der Waals surface area (Å²) in [5.74, 6) is -0.150. The van der Waals surface area contributed by atoms with E-state index in [1.54, 1.807) is 44.4 Å². The fraction of sp³-hybridized carbons (Fsp3) is 0.407. The van der Waals surface area contributed by atoms with E-state index >= 15 is 4.39 Å². The minimum Gasteiger partial charge on any atom is -0.462 e. The molecule has 1 fully saturated rings. The van der Waals surface area contributed by atoms with Crippen LogP contribution in [0.25, 0.3) is 11.4 Å². The van der Waals surface area contributed by atoms with Crippen LogP contribution in [-0.2, 0) is 23.4 Å². The van der Waals surface area contributed by atoms with Crippen molar-refractivity contribution in [3.05, 3.63) is 67.3 Å². The number of benzene rings is 1. The van der Waals surface area contributed by atoms with Crippen LogP contribution in [0.5, 0.6) is 5.75 Å². The van der Waals surface area contributed by atoms with Crippen LogP contribution in [0.3, 0.4) is 0 Å². The number of ether oxygens (including phenoxy) is 2. The first-order valence-corrected chi connectivity index (χ1v) is 14.6. The molecular formula is C27H33FN5O8P. The van der Waals surface area contributed by atoms with Gasteiger partial charge in [0, 0.05) is 29.9 Å². The lowest BCUT2D eigenvalue weighted by atomic mass is 9.98. The van der Waals surface area contributed by atoms with Gasteiger partial charge in [-0.2, -0.15) is 5.09 Å². The summed E-state index contributed by atoms with van der Waals surface area (Å²) in [6.07, 6.45) is 0.779. The Morgan fingerprint density at radius 2 is 1.95 bits per heavy atom. The Bertz CT molecular complexity index is 1370. The molecule has 1 aromatic carbocycles. The first-order valence-electron chi connectivity index (χ1n) is 13.1. The van der Waals surface area contributed by atoms with Gasteiger partial charge in [0.05, 0.1) is 12.7 Å². The molecule has 0 radical (unpaired) electrons. The highest BCUT2D eigenvalue weighted by Gasteiger charge is 2.57. The van der Waals surface area contributed by atoms with E-state index in [-0.39, 0.29) is 5.75 Å². The van der Waals surface area contributed by atoms with E-state index in [1.807, 2.05) is 0 Å². The number of aliphatic hydroxyl groups is 1. The van der Waals surface area contributed by atoms with Crippen molar-refractivity contribution < 1.29 is 42.2 Å². The molecule has 6 atom stereocenters. The number of aromatic nitrogens is 2. The van der Waals surface area contributed by atoms with E-state index in [2.05, 4.69) is 27.0 Å². The van der Waals surface area contributed by atoms with Crippen molar-refractivity contribution in [1.29, 1.82) is 0 Å². The fourth-order valence-electron chi connectivity index (χ4n) is 4.15. The van der Waals surface area contributed by atoms with Crippen LogP contribution < -0.4 is 14.9 Å². The molecule has 1 aromatic heterocycles. The van der Waals surface area contributed by atoms with Crippen molar-refractivity contribution >= 4 is 19.7 Å². The number of carbonyl (C=O) groups is 2. The number of halogens is 1. The number of alkyl halides is 1. The summed E-state index contributed by atoms with van der Waals surface area (Å²) in [6, 6.07) is 6.12. The van der Waals surface area contributed by atoms with Gasteiger partial charge in [-0.05, 0) is 64.1 Å². The van der Waals surface area contributed by atoms with Crippen LogP contribution in [0.15, 0.2) is 67.3 Å². The third-order valence-corrected chi connectivity index (χ3v) is 7.92. The lowest BCUT2D eigenvalue weighted by molar-refractivity contribution is -0.149. The van der Waals surface area contributed by atoms with Crippen LogP contribution in [-0.4, -0.2) is 74.8 Å². The average molecular weight is 606 g/mol. The Morgan fingerprint density at radius 3 is 2.57 bits per heavy atom. The van der Waals surface area contributed by atoms with Crippen molar-refractivity contribution in [3.63, 3.8) is 0 Å². The van der Waals surface area contributed by atoms with Gasteiger partial charge in [0.25, 0.3) is 0 Å². The number of carbonyl (C=O) groups excluding carboxylic acids is 2. The zero-order valence-corrected chi connectivity index (χ0v) is 24.4. The Hall–Kier alpha value is -3.68.